The monoisotopic (exact) mass is 465 g/mol. The number of anilines is 1. The maximum absolute atomic E-state index is 12.9. The smallest absolute Gasteiger partial charge is 0.261 e. The summed E-state index contributed by atoms with van der Waals surface area (Å²) in [5, 5.41) is 4.00. The summed E-state index contributed by atoms with van der Waals surface area (Å²) in [6.45, 7) is 3.77. The normalized spacial score (nSPS) is 13.6. The van der Waals surface area contributed by atoms with Gasteiger partial charge in [0.1, 0.15) is 6.54 Å². The second-order valence-corrected chi connectivity index (χ2v) is 9.51. The van der Waals surface area contributed by atoms with Crippen LogP contribution in [0.1, 0.15) is 34.6 Å². The van der Waals surface area contributed by atoms with E-state index >= 15 is 0 Å². The average Bonchev–Trinajstić information content (AvgIpc) is 2.81. The molecular formula is C24H23N3O5S. The van der Waals surface area contributed by atoms with E-state index in [1.807, 2.05) is 12.1 Å². The molecule has 0 saturated heterocycles. The van der Waals surface area contributed by atoms with Gasteiger partial charge in [-0.2, -0.15) is 4.31 Å². The van der Waals surface area contributed by atoms with Crippen LogP contribution in [0, 0.1) is 0 Å². The number of carbonyl (C=O) groups excluding carboxylic acids is 3. The Morgan fingerprint density at radius 2 is 1.42 bits per heavy atom. The van der Waals surface area contributed by atoms with Gasteiger partial charge in [-0.15, -0.1) is 0 Å². The zero-order valence-corrected chi connectivity index (χ0v) is 19.1. The van der Waals surface area contributed by atoms with Crippen LogP contribution in [-0.2, 0) is 14.8 Å². The molecular weight excluding hydrogens is 442 g/mol. The van der Waals surface area contributed by atoms with Crippen molar-refractivity contribution in [2.75, 3.05) is 25.0 Å². The van der Waals surface area contributed by atoms with Crippen LogP contribution >= 0.6 is 0 Å². The average molecular weight is 466 g/mol. The molecule has 170 valence electrons. The number of hydrogen-bond acceptors (Lipinski definition) is 5. The van der Waals surface area contributed by atoms with Gasteiger partial charge >= 0.3 is 0 Å². The molecule has 0 bridgehead atoms. The van der Waals surface area contributed by atoms with Crippen LogP contribution in [0.25, 0.3) is 10.8 Å². The molecule has 0 spiro atoms. The fourth-order valence-corrected chi connectivity index (χ4v) is 5.45. The molecule has 0 aromatic heterocycles. The zero-order valence-electron chi connectivity index (χ0n) is 18.2. The van der Waals surface area contributed by atoms with Crippen LogP contribution in [0.5, 0.6) is 0 Å². The highest BCUT2D eigenvalue weighted by molar-refractivity contribution is 7.89. The van der Waals surface area contributed by atoms with E-state index in [9.17, 15) is 22.8 Å². The first-order chi connectivity index (χ1) is 15.8. The van der Waals surface area contributed by atoms with E-state index < -0.39 is 34.3 Å². The van der Waals surface area contributed by atoms with Crippen molar-refractivity contribution in [2.24, 2.45) is 0 Å². The van der Waals surface area contributed by atoms with Gasteiger partial charge < -0.3 is 5.32 Å². The minimum absolute atomic E-state index is 0.121. The van der Waals surface area contributed by atoms with Gasteiger partial charge in [0.2, 0.25) is 15.9 Å². The summed E-state index contributed by atoms with van der Waals surface area (Å²) in [6, 6.07) is 16.2. The molecule has 9 heteroatoms. The van der Waals surface area contributed by atoms with Gasteiger partial charge in [0.05, 0.1) is 4.90 Å². The number of nitrogens with one attached hydrogen (secondary N) is 1. The molecule has 0 atom stereocenters. The third-order valence-electron chi connectivity index (χ3n) is 5.64. The van der Waals surface area contributed by atoms with Crippen LogP contribution in [0.2, 0.25) is 0 Å². The predicted molar refractivity (Wildman–Crippen MR) is 124 cm³/mol. The van der Waals surface area contributed by atoms with Crippen LogP contribution < -0.4 is 5.32 Å². The van der Waals surface area contributed by atoms with Gasteiger partial charge in [0.15, 0.2) is 0 Å². The third-order valence-corrected chi connectivity index (χ3v) is 7.70. The number of imide groups is 1. The van der Waals surface area contributed by atoms with Crippen LogP contribution in [-0.4, -0.2) is 55.0 Å². The minimum Gasteiger partial charge on any atom is -0.325 e. The van der Waals surface area contributed by atoms with Gasteiger partial charge in [-0.1, -0.05) is 38.1 Å². The molecule has 0 radical (unpaired) electrons. The molecule has 3 amide bonds. The van der Waals surface area contributed by atoms with Gasteiger partial charge in [-0.25, -0.2) is 8.42 Å². The van der Waals surface area contributed by atoms with Crippen molar-refractivity contribution >= 4 is 44.2 Å². The Hall–Kier alpha value is -3.56. The molecule has 1 heterocycles. The molecule has 4 rings (SSSR count). The Kier molecular flexibility index (Phi) is 6.01. The SMILES string of the molecule is CCN(CC)S(=O)(=O)c1ccc(NC(=O)CN2C(=O)c3cccc4cccc(c34)C2=O)cc1. The van der Waals surface area contributed by atoms with E-state index in [0.717, 1.165) is 10.3 Å². The second-order valence-electron chi connectivity index (χ2n) is 7.57. The fourth-order valence-electron chi connectivity index (χ4n) is 3.99. The summed E-state index contributed by atoms with van der Waals surface area (Å²) in [7, 11) is -3.61. The van der Waals surface area contributed by atoms with Crippen molar-refractivity contribution in [3.63, 3.8) is 0 Å². The molecule has 0 unspecified atom stereocenters. The van der Waals surface area contributed by atoms with E-state index in [1.54, 1.807) is 38.1 Å². The van der Waals surface area contributed by atoms with Crippen molar-refractivity contribution in [3.8, 4) is 0 Å². The molecule has 3 aromatic carbocycles. The topological polar surface area (TPSA) is 104 Å². The lowest BCUT2D eigenvalue weighted by Crippen LogP contribution is -2.44. The number of carbonyl (C=O) groups is 3. The van der Waals surface area contributed by atoms with Crippen molar-refractivity contribution in [1.29, 1.82) is 0 Å². The van der Waals surface area contributed by atoms with E-state index in [2.05, 4.69) is 5.32 Å². The van der Waals surface area contributed by atoms with Gasteiger partial charge in [0.25, 0.3) is 11.8 Å². The summed E-state index contributed by atoms with van der Waals surface area (Å²) in [4.78, 5) is 39.5. The van der Waals surface area contributed by atoms with Gasteiger partial charge in [-0.05, 0) is 41.8 Å². The lowest BCUT2D eigenvalue weighted by molar-refractivity contribution is -0.116. The first kappa shape index (κ1) is 22.6. The number of sulfonamides is 1. The van der Waals surface area contributed by atoms with Crippen molar-refractivity contribution in [3.05, 3.63) is 71.8 Å². The lowest BCUT2D eigenvalue weighted by Gasteiger charge is -2.26. The summed E-state index contributed by atoms with van der Waals surface area (Å²) in [5.74, 6) is -1.62. The molecule has 1 N–H and O–H groups in total. The number of hydrogen-bond donors (Lipinski definition) is 1. The number of rotatable bonds is 7. The number of nitrogens with zero attached hydrogens (tertiary/aromatic N) is 2. The lowest BCUT2D eigenvalue weighted by atomic mass is 9.94. The largest absolute Gasteiger partial charge is 0.325 e. The quantitative estimate of drug-likeness (QED) is 0.540. The highest BCUT2D eigenvalue weighted by Gasteiger charge is 2.33. The molecule has 8 nitrogen and oxygen atoms in total. The van der Waals surface area contributed by atoms with E-state index in [1.165, 1.54) is 28.6 Å². The summed E-state index contributed by atoms with van der Waals surface area (Å²) < 4.78 is 26.5. The zero-order chi connectivity index (χ0) is 23.8. The molecule has 0 aliphatic carbocycles. The second kappa shape index (κ2) is 8.76. The first-order valence-electron chi connectivity index (χ1n) is 10.6. The molecule has 0 saturated carbocycles. The fraction of sp³-hybridized carbons (Fsp3) is 0.208. The highest BCUT2D eigenvalue weighted by Crippen LogP contribution is 2.30. The maximum atomic E-state index is 12.9. The third kappa shape index (κ3) is 4.01. The molecule has 1 aliphatic heterocycles. The Labute approximate surface area is 191 Å². The van der Waals surface area contributed by atoms with Crippen molar-refractivity contribution in [1.82, 2.24) is 9.21 Å². The standard InChI is InChI=1S/C24H23N3O5S/c1-3-26(4-2)33(31,32)18-13-11-17(12-14-18)25-21(28)15-27-23(29)19-9-5-7-16-8-6-10-20(22(16)19)24(27)30/h5-14H,3-4,15H2,1-2H3,(H,25,28). The molecule has 0 fully saturated rings. The van der Waals surface area contributed by atoms with E-state index in [0.29, 0.717) is 35.3 Å². The Morgan fingerprint density at radius 1 is 0.879 bits per heavy atom. The molecule has 33 heavy (non-hydrogen) atoms. The maximum Gasteiger partial charge on any atom is 0.261 e. The summed E-state index contributed by atoms with van der Waals surface area (Å²) >= 11 is 0. The van der Waals surface area contributed by atoms with Crippen LogP contribution in [0.3, 0.4) is 0 Å². The minimum atomic E-state index is -3.61. The highest BCUT2D eigenvalue weighted by atomic mass is 32.2. The predicted octanol–water partition coefficient (Wildman–Crippen LogP) is 3.11. The first-order valence-corrected chi connectivity index (χ1v) is 12.0. The summed E-state index contributed by atoms with van der Waals surface area (Å²) in [5.41, 5.74) is 1.11. The number of amides is 3. The van der Waals surface area contributed by atoms with Gasteiger partial charge in [-0.3, -0.25) is 19.3 Å². The Morgan fingerprint density at radius 3 is 1.94 bits per heavy atom. The van der Waals surface area contributed by atoms with Crippen molar-refractivity contribution in [2.45, 2.75) is 18.7 Å². The number of benzene rings is 3. The Bertz CT molecular complexity index is 1310. The van der Waals surface area contributed by atoms with Gasteiger partial charge in [0, 0.05) is 35.3 Å². The van der Waals surface area contributed by atoms with Crippen molar-refractivity contribution < 1.29 is 22.8 Å². The summed E-state index contributed by atoms with van der Waals surface area (Å²) in [6.07, 6.45) is 0. The van der Waals surface area contributed by atoms with E-state index in [-0.39, 0.29) is 4.90 Å². The van der Waals surface area contributed by atoms with Crippen LogP contribution in [0.4, 0.5) is 5.69 Å². The molecule has 3 aromatic rings. The van der Waals surface area contributed by atoms with E-state index in [4.69, 9.17) is 0 Å². The van der Waals surface area contributed by atoms with Crippen LogP contribution in [0.15, 0.2) is 65.6 Å². The molecule has 1 aliphatic rings. The Balaban J connectivity index is 1.51.